The largest absolute Gasteiger partial charge is 0.395 e. The Bertz CT molecular complexity index is 649. The summed E-state index contributed by atoms with van der Waals surface area (Å²) in [6.07, 6.45) is 10.1. The van der Waals surface area contributed by atoms with Crippen LogP contribution in [0.15, 0.2) is 11.8 Å². The first-order valence-electron chi connectivity index (χ1n) is 12.5. The number of rotatable bonds is 12. The lowest BCUT2D eigenvalue weighted by molar-refractivity contribution is 0.0128. The van der Waals surface area contributed by atoms with Gasteiger partial charge >= 0.3 is 0 Å². The molecule has 0 saturated heterocycles. The summed E-state index contributed by atoms with van der Waals surface area (Å²) in [5.74, 6) is 0. The van der Waals surface area contributed by atoms with Crippen molar-refractivity contribution in [3.8, 4) is 0 Å². The molecule has 0 amide bonds. The minimum atomic E-state index is 0.0892. The third kappa shape index (κ3) is 13.3. The molecule has 5 heteroatoms. The maximum absolute atomic E-state index is 9.22. The minimum Gasteiger partial charge on any atom is -0.395 e. The molecule has 5 nitrogen and oxygen atoms in total. The standard InChI is InChI=1S/C23H41N3O2.C4H10/c1-16(2)28-18(4)10-9-11-20(24-12-13-27)22-15-25-21(19(5)26-22)14-17(3)23(6,7)8;1-3-4-2/h14-16,18,20,24,27H,9-13H2,1-8H3;3-4H2,1-2H3/b17-14+;. The van der Waals surface area contributed by atoms with Gasteiger partial charge in [0.15, 0.2) is 0 Å². The van der Waals surface area contributed by atoms with Crippen molar-refractivity contribution in [3.63, 3.8) is 0 Å². The van der Waals surface area contributed by atoms with Crippen LogP contribution in [0.1, 0.15) is 118 Å². The number of aromatic nitrogens is 2. The van der Waals surface area contributed by atoms with E-state index in [2.05, 4.69) is 78.7 Å². The van der Waals surface area contributed by atoms with Crippen LogP contribution in [0, 0.1) is 12.3 Å². The van der Waals surface area contributed by atoms with E-state index in [9.17, 15) is 5.11 Å². The number of aryl methyl sites for hydroxylation is 1. The first-order chi connectivity index (χ1) is 15.0. The molecule has 0 aliphatic carbocycles. The van der Waals surface area contributed by atoms with Crippen LogP contribution in [0.2, 0.25) is 0 Å². The molecule has 2 unspecified atom stereocenters. The number of nitrogens with one attached hydrogen (secondary N) is 1. The van der Waals surface area contributed by atoms with Gasteiger partial charge in [-0.15, -0.1) is 0 Å². The summed E-state index contributed by atoms with van der Waals surface area (Å²) in [4.78, 5) is 9.50. The lowest BCUT2D eigenvalue weighted by Gasteiger charge is -2.21. The topological polar surface area (TPSA) is 67.3 Å². The van der Waals surface area contributed by atoms with Crippen LogP contribution in [0.25, 0.3) is 6.08 Å². The maximum atomic E-state index is 9.22. The number of unbranched alkanes of at least 4 members (excludes halogenated alkanes) is 1. The van der Waals surface area contributed by atoms with Gasteiger partial charge in [-0.3, -0.25) is 9.97 Å². The molecule has 0 aliphatic rings. The number of ether oxygens (including phenoxy) is 1. The van der Waals surface area contributed by atoms with E-state index in [4.69, 9.17) is 9.72 Å². The summed E-state index contributed by atoms with van der Waals surface area (Å²) in [5.41, 5.74) is 4.21. The summed E-state index contributed by atoms with van der Waals surface area (Å²) < 4.78 is 5.82. The number of hydrogen-bond donors (Lipinski definition) is 2. The highest BCUT2D eigenvalue weighted by molar-refractivity contribution is 5.51. The monoisotopic (exact) mass is 449 g/mol. The zero-order valence-electron chi connectivity index (χ0n) is 22.6. The molecular formula is C27H51N3O2. The molecule has 0 aliphatic heterocycles. The molecule has 0 radical (unpaired) electrons. The zero-order chi connectivity index (χ0) is 24.7. The van der Waals surface area contributed by atoms with E-state index in [0.29, 0.717) is 6.54 Å². The average Bonchev–Trinajstić information content (AvgIpc) is 2.70. The van der Waals surface area contributed by atoms with Gasteiger partial charge in [-0.1, -0.05) is 53.0 Å². The quantitative estimate of drug-likeness (QED) is 0.374. The Morgan fingerprint density at radius 3 is 2.25 bits per heavy atom. The Labute approximate surface area is 198 Å². The van der Waals surface area contributed by atoms with Crippen LogP contribution in [-0.2, 0) is 4.74 Å². The summed E-state index contributed by atoms with van der Waals surface area (Å²) in [6, 6.07) is 0.0892. The summed E-state index contributed by atoms with van der Waals surface area (Å²) in [6.45, 7) is 22.0. The second kappa shape index (κ2) is 16.3. The third-order valence-electron chi connectivity index (χ3n) is 5.51. The van der Waals surface area contributed by atoms with E-state index in [-0.39, 0.29) is 30.3 Å². The van der Waals surface area contributed by atoms with Crippen LogP contribution >= 0.6 is 0 Å². The Morgan fingerprint density at radius 1 is 1.16 bits per heavy atom. The number of hydrogen-bond acceptors (Lipinski definition) is 5. The molecule has 186 valence electrons. The molecule has 1 rings (SSSR count). The molecule has 0 bridgehead atoms. The third-order valence-corrected chi connectivity index (χ3v) is 5.51. The molecular weight excluding hydrogens is 398 g/mol. The van der Waals surface area contributed by atoms with Gasteiger partial charge in [0.05, 0.1) is 48.1 Å². The summed E-state index contributed by atoms with van der Waals surface area (Å²) >= 11 is 0. The van der Waals surface area contributed by atoms with Gasteiger partial charge in [0.1, 0.15) is 0 Å². The van der Waals surface area contributed by atoms with Gasteiger partial charge in [0, 0.05) is 6.54 Å². The maximum Gasteiger partial charge on any atom is 0.0842 e. The second-order valence-corrected chi connectivity index (χ2v) is 10.00. The van der Waals surface area contributed by atoms with Gasteiger partial charge in [0.2, 0.25) is 0 Å². The van der Waals surface area contributed by atoms with Gasteiger partial charge in [-0.2, -0.15) is 0 Å². The van der Waals surface area contributed by atoms with E-state index in [1.807, 2.05) is 13.1 Å². The number of aliphatic hydroxyl groups is 1. The van der Waals surface area contributed by atoms with E-state index in [1.165, 1.54) is 18.4 Å². The molecule has 32 heavy (non-hydrogen) atoms. The van der Waals surface area contributed by atoms with Crippen LogP contribution in [0.5, 0.6) is 0 Å². The smallest absolute Gasteiger partial charge is 0.0842 e. The van der Waals surface area contributed by atoms with Gasteiger partial charge < -0.3 is 15.2 Å². The Hall–Kier alpha value is -1.30. The van der Waals surface area contributed by atoms with E-state index in [1.54, 1.807) is 0 Å². The zero-order valence-corrected chi connectivity index (χ0v) is 22.6. The van der Waals surface area contributed by atoms with Crippen molar-refractivity contribution in [2.75, 3.05) is 13.2 Å². The van der Waals surface area contributed by atoms with Crippen molar-refractivity contribution >= 4 is 6.08 Å². The molecule has 1 aromatic heterocycles. The SMILES string of the molecule is C/C(=C\c1ncc(C(CCCC(C)OC(C)C)NCCO)nc1C)C(C)(C)C.CCCC. The van der Waals surface area contributed by atoms with E-state index < -0.39 is 0 Å². The summed E-state index contributed by atoms with van der Waals surface area (Å²) in [7, 11) is 0. The van der Waals surface area contributed by atoms with Crippen molar-refractivity contribution in [3.05, 3.63) is 28.9 Å². The Kier molecular flexibility index (Phi) is 15.7. The van der Waals surface area contributed by atoms with Crippen molar-refractivity contribution in [2.24, 2.45) is 5.41 Å². The predicted molar refractivity (Wildman–Crippen MR) is 138 cm³/mol. The highest BCUT2D eigenvalue weighted by atomic mass is 16.5. The van der Waals surface area contributed by atoms with Gasteiger partial charge in [0.25, 0.3) is 0 Å². The summed E-state index contributed by atoms with van der Waals surface area (Å²) in [5, 5.41) is 12.6. The van der Waals surface area contributed by atoms with Crippen LogP contribution in [0.3, 0.4) is 0 Å². The second-order valence-electron chi connectivity index (χ2n) is 10.00. The van der Waals surface area contributed by atoms with Crippen LogP contribution < -0.4 is 5.32 Å². The fourth-order valence-electron chi connectivity index (χ4n) is 2.98. The first-order valence-corrected chi connectivity index (χ1v) is 12.5. The molecule has 0 aromatic carbocycles. The molecule has 0 spiro atoms. The van der Waals surface area contributed by atoms with Crippen molar-refractivity contribution < 1.29 is 9.84 Å². The Balaban J connectivity index is 0.00000220. The van der Waals surface area contributed by atoms with Gasteiger partial charge in [-0.25, -0.2) is 0 Å². The van der Waals surface area contributed by atoms with E-state index in [0.717, 1.165) is 36.3 Å². The molecule has 0 saturated carbocycles. The van der Waals surface area contributed by atoms with Gasteiger partial charge in [-0.05, 0) is 65.4 Å². The molecule has 1 heterocycles. The number of allylic oxidation sites excluding steroid dienone is 1. The molecule has 2 N–H and O–H groups in total. The highest BCUT2D eigenvalue weighted by Gasteiger charge is 2.17. The first kappa shape index (κ1) is 30.7. The van der Waals surface area contributed by atoms with E-state index >= 15 is 0 Å². The average molecular weight is 450 g/mol. The van der Waals surface area contributed by atoms with Crippen molar-refractivity contribution in [2.45, 2.75) is 120 Å². The molecule has 1 aromatic rings. The van der Waals surface area contributed by atoms with Crippen molar-refractivity contribution in [1.82, 2.24) is 15.3 Å². The predicted octanol–water partition coefficient (Wildman–Crippen LogP) is 6.65. The lowest BCUT2D eigenvalue weighted by Crippen LogP contribution is -2.26. The molecule has 0 fully saturated rings. The van der Waals surface area contributed by atoms with Crippen molar-refractivity contribution in [1.29, 1.82) is 0 Å². The lowest BCUT2D eigenvalue weighted by atomic mass is 9.87. The fourth-order valence-corrected chi connectivity index (χ4v) is 2.98. The molecule has 2 atom stereocenters. The number of aliphatic hydroxyl groups excluding tert-OH is 1. The Morgan fingerprint density at radius 2 is 1.78 bits per heavy atom. The minimum absolute atomic E-state index is 0.0892. The highest BCUT2D eigenvalue weighted by Crippen LogP contribution is 2.27. The van der Waals surface area contributed by atoms with Crippen LogP contribution in [0.4, 0.5) is 0 Å². The van der Waals surface area contributed by atoms with Crippen LogP contribution in [-0.4, -0.2) is 40.4 Å². The normalized spacial score (nSPS) is 14.2. The fraction of sp³-hybridized carbons (Fsp3) is 0.778. The number of nitrogens with zero attached hydrogens (tertiary/aromatic N) is 2.